The molecule has 0 aliphatic carbocycles. The Labute approximate surface area is 107 Å². The van der Waals surface area contributed by atoms with Crippen LogP contribution in [-0.4, -0.2) is 55.1 Å². The maximum atomic E-state index is 12.3. The molecule has 18 heavy (non-hydrogen) atoms. The fraction of sp³-hybridized carbons (Fsp3) is 0.833. The summed E-state index contributed by atoms with van der Waals surface area (Å²) in [5.41, 5.74) is 5.53. The van der Waals surface area contributed by atoms with Crippen molar-refractivity contribution in [3.05, 3.63) is 0 Å². The van der Waals surface area contributed by atoms with Gasteiger partial charge >= 0.3 is 0 Å². The van der Waals surface area contributed by atoms with Gasteiger partial charge in [0, 0.05) is 20.1 Å². The molecule has 0 radical (unpaired) electrons. The number of hydrogen-bond donors (Lipinski definition) is 2. The van der Waals surface area contributed by atoms with Gasteiger partial charge in [-0.3, -0.25) is 9.59 Å². The summed E-state index contributed by atoms with van der Waals surface area (Å²) in [4.78, 5) is 25.7. The predicted molar refractivity (Wildman–Crippen MR) is 65.8 cm³/mol. The van der Waals surface area contributed by atoms with Gasteiger partial charge in [-0.05, 0) is 25.7 Å². The molecule has 2 fully saturated rings. The number of carbonyl (C=O) groups is 2. The fourth-order valence-electron chi connectivity index (χ4n) is 2.72. The maximum Gasteiger partial charge on any atom is 0.252 e. The number of rotatable bonds is 3. The van der Waals surface area contributed by atoms with Gasteiger partial charge in [0.25, 0.3) is 5.91 Å². The van der Waals surface area contributed by atoms with Crippen molar-refractivity contribution >= 4 is 11.8 Å². The number of amides is 2. The van der Waals surface area contributed by atoms with Crippen LogP contribution >= 0.6 is 0 Å². The fourth-order valence-corrected chi connectivity index (χ4v) is 2.72. The maximum absolute atomic E-state index is 12.3. The second-order valence-electron chi connectivity index (χ2n) is 4.86. The van der Waals surface area contributed by atoms with Gasteiger partial charge in [-0.25, -0.2) is 0 Å². The van der Waals surface area contributed by atoms with Gasteiger partial charge in [-0.2, -0.15) is 0 Å². The van der Waals surface area contributed by atoms with Gasteiger partial charge in [0.15, 0.2) is 0 Å². The molecule has 102 valence electrons. The first-order valence-corrected chi connectivity index (χ1v) is 6.55. The third-order valence-corrected chi connectivity index (χ3v) is 3.73. The highest BCUT2D eigenvalue weighted by Gasteiger charge is 2.39. The van der Waals surface area contributed by atoms with Crippen LogP contribution in [0.1, 0.15) is 25.7 Å². The van der Waals surface area contributed by atoms with Crippen molar-refractivity contribution in [2.75, 3.05) is 20.1 Å². The topological polar surface area (TPSA) is 84.7 Å². The highest BCUT2D eigenvalue weighted by molar-refractivity contribution is 5.90. The molecule has 6 nitrogen and oxygen atoms in total. The van der Waals surface area contributed by atoms with E-state index in [2.05, 4.69) is 5.32 Å². The zero-order chi connectivity index (χ0) is 13.1. The van der Waals surface area contributed by atoms with Crippen molar-refractivity contribution in [1.29, 1.82) is 0 Å². The molecule has 0 saturated carbocycles. The van der Waals surface area contributed by atoms with Crippen LogP contribution in [0.25, 0.3) is 0 Å². The summed E-state index contributed by atoms with van der Waals surface area (Å²) >= 11 is 0. The Balaban J connectivity index is 1.98. The van der Waals surface area contributed by atoms with Crippen molar-refractivity contribution in [3.63, 3.8) is 0 Å². The average molecular weight is 255 g/mol. The van der Waals surface area contributed by atoms with Crippen LogP contribution in [0.5, 0.6) is 0 Å². The zero-order valence-electron chi connectivity index (χ0n) is 10.7. The number of ether oxygens (including phenoxy) is 1. The Bertz CT molecular complexity index is 335. The van der Waals surface area contributed by atoms with Crippen LogP contribution in [0.2, 0.25) is 0 Å². The summed E-state index contributed by atoms with van der Waals surface area (Å²) in [5, 5.41) is 2.61. The van der Waals surface area contributed by atoms with Crippen LogP contribution in [0.4, 0.5) is 0 Å². The van der Waals surface area contributed by atoms with Crippen molar-refractivity contribution in [2.24, 2.45) is 5.73 Å². The molecule has 0 aromatic carbocycles. The van der Waals surface area contributed by atoms with E-state index in [-0.39, 0.29) is 24.0 Å². The van der Waals surface area contributed by atoms with Crippen molar-refractivity contribution in [2.45, 2.75) is 43.9 Å². The van der Waals surface area contributed by atoms with Crippen molar-refractivity contribution in [1.82, 2.24) is 10.2 Å². The molecule has 2 rings (SSSR count). The molecule has 2 heterocycles. The van der Waals surface area contributed by atoms with E-state index in [0.717, 1.165) is 19.3 Å². The quantitative estimate of drug-likeness (QED) is 0.693. The Hall–Kier alpha value is -1.14. The van der Waals surface area contributed by atoms with Gasteiger partial charge in [-0.15, -0.1) is 0 Å². The molecule has 0 aromatic heterocycles. The summed E-state index contributed by atoms with van der Waals surface area (Å²) in [5.74, 6) is -0.147. The standard InChI is InChI=1S/C12H21N3O3/c1-14-11(16)9-3-2-6-15(9)12(17)10-5-4-8(7-13)18-10/h8-10H,2-7,13H2,1H3,(H,14,16)/t8-,9?,10+/m1/s1. The molecular formula is C12H21N3O3. The Morgan fingerprint density at radius 1 is 1.39 bits per heavy atom. The number of nitrogens with one attached hydrogen (secondary N) is 1. The molecule has 0 spiro atoms. The first-order chi connectivity index (χ1) is 8.67. The molecule has 3 N–H and O–H groups in total. The number of nitrogens with two attached hydrogens (primary N) is 1. The molecule has 3 atom stereocenters. The van der Waals surface area contributed by atoms with E-state index in [0.29, 0.717) is 19.5 Å². The number of hydrogen-bond acceptors (Lipinski definition) is 4. The van der Waals surface area contributed by atoms with Crippen molar-refractivity contribution in [3.8, 4) is 0 Å². The average Bonchev–Trinajstić information content (AvgIpc) is 3.05. The second-order valence-corrected chi connectivity index (χ2v) is 4.86. The predicted octanol–water partition coefficient (Wildman–Crippen LogP) is -0.770. The van der Waals surface area contributed by atoms with E-state index in [4.69, 9.17) is 10.5 Å². The second kappa shape index (κ2) is 5.67. The lowest BCUT2D eigenvalue weighted by molar-refractivity contribution is -0.147. The van der Waals surface area contributed by atoms with Gasteiger partial charge < -0.3 is 20.7 Å². The number of likely N-dealkylation sites (N-methyl/N-ethyl adjacent to an activating group) is 1. The third-order valence-electron chi connectivity index (χ3n) is 3.73. The van der Waals surface area contributed by atoms with Gasteiger partial charge in [-0.1, -0.05) is 0 Å². The zero-order valence-corrected chi connectivity index (χ0v) is 10.7. The first-order valence-electron chi connectivity index (χ1n) is 6.55. The molecule has 2 amide bonds. The van der Waals surface area contributed by atoms with E-state index in [9.17, 15) is 9.59 Å². The van der Waals surface area contributed by atoms with E-state index < -0.39 is 6.10 Å². The van der Waals surface area contributed by atoms with Crippen molar-refractivity contribution < 1.29 is 14.3 Å². The smallest absolute Gasteiger partial charge is 0.252 e. The lowest BCUT2D eigenvalue weighted by atomic mass is 10.1. The summed E-state index contributed by atoms with van der Waals surface area (Å²) in [7, 11) is 1.60. The molecule has 2 aliphatic rings. The molecule has 2 saturated heterocycles. The molecule has 0 aromatic rings. The van der Waals surface area contributed by atoms with Gasteiger partial charge in [0.1, 0.15) is 12.1 Å². The summed E-state index contributed by atoms with van der Waals surface area (Å²) in [6.07, 6.45) is 2.71. The monoisotopic (exact) mass is 255 g/mol. The summed E-state index contributed by atoms with van der Waals surface area (Å²) in [6, 6.07) is -0.331. The minimum absolute atomic E-state index is 0.0139. The van der Waals surface area contributed by atoms with E-state index in [1.54, 1.807) is 11.9 Å². The number of likely N-dealkylation sites (tertiary alicyclic amines) is 1. The lowest BCUT2D eigenvalue weighted by Gasteiger charge is -2.26. The molecule has 1 unspecified atom stereocenters. The van der Waals surface area contributed by atoms with Crippen LogP contribution < -0.4 is 11.1 Å². The van der Waals surface area contributed by atoms with Crippen LogP contribution in [0.15, 0.2) is 0 Å². The SMILES string of the molecule is CNC(=O)C1CCCN1C(=O)[C@@H]1CC[C@H](CN)O1. The summed E-state index contributed by atoms with van der Waals surface area (Å²) < 4.78 is 5.60. The first kappa shape index (κ1) is 13.3. The van der Waals surface area contributed by atoms with Crippen LogP contribution in [0.3, 0.4) is 0 Å². The number of nitrogens with zero attached hydrogens (tertiary/aromatic N) is 1. The Kier molecular flexibility index (Phi) is 4.19. The Morgan fingerprint density at radius 3 is 2.78 bits per heavy atom. The van der Waals surface area contributed by atoms with Crippen LogP contribution in [-0.2, 0) is 14.3 Å². The van der Waals surface area contributed by atoms with Crippen LogP contribution in [0, 0.1) is 0 Å². The minimum atomic E-state index is -0.413. The molecule has 6 heteroatoms. The Morgan fingerprint density at radius 2 is 2.17 bits per heavy atom. The van der Waals surface area contributed by atoms with Gasteiger partial charge in [0.2, 0.25) is 5.91 Å². The third kappa shape index (κ3) is 2.49. The van der Waals surface area contributed by atoms with E-state index >= 15 is 0 Å². The molecule has 2 aliphatic heterocycles. The van der Waals surface area contributed by atoms with E-state index in [1.807, 2.05) is 0 Å². The molecular weight excluding hydrogens is 234 g/mol. The van der Waals surface area contributed by atoms with Gasteiger partial charge in [0.05, 0.1) is 6.10 Å². The minimum Gasteiger partial charge on any atom is -0.364 e. The largest absolute Gasteiger partial charge is 0.364 e. The molecule has 0 bridgehead atoms. The summed E-state index contributed by atoms with van der Waals surface area (Å²) in [6.45, 7) is 1.09. The number of carbonyl (C=O) groups excluding carboxylic acids is 2. The highest BCUT2D eigenvalue weighted by atomic mass is 16.5. The lowest BCUT2D eigenvalue weighted by Crippen LogP contribution is -2.48. The normalized spacial score (nSPS) is 31.7. The van der Waals surface area contributed by atoms with E-state index in [1.165, 1.54) is 0 Å². The highest BCUT2D eigenvalue weighted by Crippen LogP contribution is 2.25.